The van der Waals surface area contributed by atoms with Gasteiger partial charge in [-0.05, 0) is 25.1 Å². The van der Waals surface area contributed by atoms with E-state index in [0.29, 0.717) is 0 Å². The van der Waals surface area contributed by atoms with Gasteiger partial charge in [0.1, 0.15) is 11.8 Å². The van der Waals surface area contributed by atoms with Crippen LogP contribution in [0.4, 0.5) is 0 Å². The average Bonchev–Trinajstić information content (AvgIpc) is 2.80. The van der Waals surface area contributed by atoms with Crippen LogP contribution in [-0.4, -0.2) is 36.6 Å². The quantitative estimate of drug-likeness (QED) is 0.832. The van der Waals surface area contributed by atoms with E-state index in [0.717, 1.165) is 16.7 Å². The van der Waals surface area contributed by atoms with Crippen molar-refractivity contribution in [3.8, 4) is 5.75 Å². The molecule has 1 amide bonds. The van der Waals surface area contributed by atoms with Crippen molar-refractivity contribution in [2.75, 3.05) is 21.2 Å². The number of benzene rings is 1. The first-order valence-corrected chi connectivity index (χ1v) is 5.91. The molecule has 1 aromatic carbocycles. The van der Waals surface area contributed by atoms with Gasteiger partial charge in [0.25, 0.3) is 0 Å². The van der Waals surface area contributed by atoms with Gasteiger partial charge in [-0.2, -0.15) is 0 Å². The first kappa shape index (κ1) is 12.5. The lowest BCUT2D eigenvalue weighted by Gasteiger charge is -2.19. The third-order valence-electron chi connectivity index (χ3n) is 3.16. The van der Waals surface area contributed by atoms with Gasteiger partial charge < -0.3 is 14.2 Å². The monoisotopic (exact) mass is 246 g/mol. The summed E-state index contributed by atoms with van der Waals surface area (Å²) in [5.41, 5.74) is 1.01. The molecule has 1 heterocycles. The largest absolute Gasteiger partial charge is 0.496 e. The molecule has 0 saturated carbocycles. The molecule has 0 radical (unpaired) electrons. The van der Waals surface area contributed by atoms with Gasteiger partial charge in [-0.15, -0.1) is 0 Å². The smallest absolute Gasteiger partial charge is 0.244 e. The molecule has 4 heteroatoms. The van der Waals surface area contributed by atoms with Crippen LogP contribution in [0.15, 0.2) is 30.5 Å². The Morgan fingerprint density at radius 1 is 1.33 bits per heavy atom. The number of aromatic nitrogens is 1. The molecule has 4 nitrogen and oxygen atoms in total. The van der Waals surface area contributed by atoms with E-state index >= 15 is 0 Å². The van der Waals surface area contributed by atoms with Crippen LogP contribution in [-0.2, 0) is 4.79 Å². The SMILES string of the molecule is COc1cccc2c1ccn2C(C)C(=O)N(C)C. The van der Waals surface area contributed by atoms with Gasteiger partial charge in [0.2, 0.25) is 5.91 Å². The molecule has 2 rings (SSSR count). The molecule has 0 aliphatic carbocycles. The molecule has 0 bridgehead atoms. The summed E-state index contributed by atoms with van der Waals surface area (Å²) < 4.78 is 7.29. The Morgan fingerprint density at radius 3 is 2.67 bits per heavy atom. The number of carbonyl (C=O) groups is 1. The van der Waals surface area contributed by atoms with Crippen molar-refractivity contribution in [1.82, 2.24) is 9.47 Å². The second-order valence-corrected chi connectivity index (χ2v) is 4.52. The molecule has 0 fully saturated rings. The summed E-state index contributed by atoms with van der Waals surface area (Å²) in [6.07, 6.45) is 1.93. The van der Waals surface area contributed by atoms with Crippen LogP contribution in [0.5, 0.6) is 5.75 Å². The Bertz CT molecular complexity index is 572. The Hall–Kier alpha value is -1.97. The van der Waals surface area contributed by atoms with Crippen LogP contribution < -0.4 is 4.74 Å². The molecule has 18 heavy (non-hydrogen) atoms. The van der Waals surface area contributed by atoms with E-state index in [9.17, 15) is 4.79 Å². The van der Waals surface area contributed by atoms with Crippen LogP contribution in [0.2, 0.25) is 0 Å². The number of hydrogen-bond donors (Lipinski definition) is 0. The molecular formula is C14H18N2O2. The third kappa shape index (κ3) is 1.94. The number of rotatable bonds is 3. The number of ether oxygens (including phenoxy) is 1. The van der Waals surface area contributed by atoms with Crippen LogP contribution in [0.1, 0.15) is 13.0 Å². The number of amides is 1. The molecule has 0 spiro atoms. The highest BCUT2D eigenvalue weighted by molar-refractivity contribution is 5.89. The predicted octanol–water partition coefficient (Wildman–Crippen LogP) is 2.30. The summed E-state index contributed by atoms with van der Waals surface area (Å²) >= 11 is 0. The fourth-order valence-electron chi connectivity index (χ4n) is 2.17. The molecule has 1 atom stereocenters. The van der Waals surface area contributed by atoms with Crippen molar-refractivity contribution in [3.63, 3.8) is 0 Å². The fraction of sp³-hybridized carbons (Fsp3) is 0.357. The lowest BCUT2D eigenvalue weighted by Crippen LogP contribution is -2.29. The summed E-state index contributed by atoms with van der Waals surface area (Å²) in [5, 5.41) is 1.03. The zero-order valence-corrected chi connectivity index (χ0v) is 11.2. The zero-order chi connectivity index (χ0) is 13.3. The molecule has 0 saturated heterocycles. The first-order valence-electron chi connectivity index (χ1n) is 5.91. The minimum absolute atomic E-state index is 0.0790. The van der Waals surface area contributed by atoms with Crippen molar-refractivity contribution < 1.29 is 9.53 Å². The molecule has 2 aromatic rings. The van der Waals surface area contributed by atoms with Gasteiger partial charge in [0.15, 0.2) is 0 Å². The van der Waals surface area contributed by atoms with Gasteiger partial charge >= 0.3 is 0 Å². The molecule has 0 aliphatic rings. The highest BCUT2D eigenvalue weighted by Crippen LogP contribution is 2.28. The first-order chi connectivity index (χ1) is 8.56. The Labute approximate surface area is 107 Å². The number of fused-ring (bicyclic) bond motifs is 1. The van der Waals surface area contributed by atoms with E-state index in [2.05, 4.69) is 0 Å². The molecule has 0 aliphatic heterocycles. The number of nitrogens with zero attached hydrogens (tertiary/aromatic N) is 2. The number of likely N-dealkylation sites (N-methyl/N-ethyl adjacent to an activating group) is 1. The number of hydrogen-bond acceptors (Lipinski definition) is 2. The van der Waals surface area contributed by atoms with E-state index in [4.69, 9.17) is 4.74 Å². The summed E-state index contributed by atoms with van der Waals surface area (Å²) in [6, 6.07) is 7.62. The standard InChI is InChI=1S/C14H18N2O2/c1-10(14(17)15(2)3)16-9-8-11-12(16)6-5-7-13(11)18-4/h5-10H,1-4H3. The highest BCUT2D eigenvalue weighted by Gasteiger charge is 2.18. The highest BCUT2D eigenvalue weighted by atomic mass is 16.5. The summed E-state index contributed by atoms with van der Waals surface area (Å²) in [6.45, 7) is 1.90. The van der Waals surface area contributed by atoms with Crippen molar-refractivity contribution in [3.05, 3.63) is 30.5 Å². The van der Waals surface area contributed by atoms with Gasteiger partial charge in [-0.1, -0.05) is 6.07 Å². The third-order valence-corrected chi connectivity index (χ3v) is 3.16. The Kier molecular flexibility index (Phi) is 3.28. The summed E-state index contributed by atoms with van der Waals surface area (Å²) in [5.74, 6) is 0.908. The van der Waals surface area contributed by atoms with Crippen LogP contribution in [0.3, 0.4) is 0 Å². The number of methoxy groups -OCH3 is 1. The lowest BCUT2D eigenvalue weighted by atomic mass is 10.2. The Balaban J connectivity index is 2.50. The van der Waals surface area contributed by atoms with Crippen molar-refractivity contribution >= 4 is 16.8 Å². The van der Waals surface area contributed by atoms with Gasteiger partial charge in [0.05, 0.1) is 12.6 Å². The maximum absolute atomic E-state index is 12.0. The topological polar surface area (TPSA) is 34.5 Å². The summed E-state index contributed by atoms with van der Waals surface area (Å²) in [4.78, 5) is 13.6. The van der Waals surface area contributed by atoms with Crippen LogP contribution in [0, 0.1) is 0 Å². The van der Waals surface area contributed by atoms with Gasteiger partial charge in [-0.3, -0.25) is 4.79 Å². The van der Waals surface area contributed by atoms with Crippen molar-refractivity contribution in [1.29, 1.82) is 0 Å². The predicted molar refractivity (Wildman–Crippen MR) is 71.9 cm³/mol. The van der Waals surface area contributed by atoms with Crippen molar-refractivity contribution in [2.24, 2.45) is 0 Å². The average molecular weight is 246 g/mol. The lowest BCUT2D eigenvalue weighted by molar-refractivity contribution is -0.131. The maximum Gasteiger partial charge on any atom is 0.244 e. The van der Waals surface area contributed by atoms with Gasteiger partial charge in [0, 0.05) is 25.7 Å². The maximum atomic E-state index is 12.0. The zero-order valence-electron chi connectivity index (χ0n) is 11.2. The second kappa shape index (κ2) is 4.72. The van der Waals surface area contributed by atoms with Gasteiger partial charge in [-0.25, -0.2) is 0 Å². The molecule has 0 N–H and O–H groups in total. The minimum atomic E-state index is -0.218. The van der Waals surface area contributed by atoms with E-state index < -0.39 is 0 Å². The molecular weight excluding hydrogens is 228 g/mol. The Morgan fingerprint density at radius 2 is 2.06 bits per heavy atom. The molecule has 1 aromatic heterocycles. The summed E-state index contributed by atoms with van der Waals surface area (Å²) in [7, 11) is 5.19. The number of carbonyl (C=O) groups excluding carboxylic acids is 1. The second-order valence-electron chi connectivity index (χ2n) is 4.52. The van der Waals surface area contributed by atoms with Crippen LogP contribution >= 0.6 is 0 Å². The van der Waals surface area contributed by atoms with E-state index in [1.807, 2.05) is 42.0 Å². The normalized spacial score (nSPS) is 12.4. The van der Waals surface area contributed by atoms with E-state index in [1.165, 1.54) is 0 Å². The van der Waals surface area contributed by atoms with Crippen LogP contribution in [0.25, 0.3) is 10.9 Å². The van der Waals surface area contributed by atoms with E-state index in [-0.39, 0.29) is 11.9 Å². The minimum Gasteiger partial charge on any atom is -0.496 e. The van der Waals surface area contributed by atoms with Crippen molar-refractivity contribution in [2.45, 2.75) is 13.0 Å². The van der Waals surface area contributed by atoms with E-state index in [1.54, 1.807) is 26.1 Å². The fourth-order valence-corrected chi connectivity index (χ4v) is 2.17. The molecule has 96 valence electrons. The molecule has 1 unspecified atom stereocenters.